The van der Waals surface area contributed by atoms with Gasteiger partial charge in [-0.15, -0.1) is 0 Å². The van der Waals surface area contributed by atoms with Crippen LogP contribution in [0.3, 0.4) is 0 Å². The molecule has 1 aliphatic heterocycles. The zero-order chi connectivity index (χ0) is 21.4. The maximum Gasteiger partial charge on any atom is 0.221 e. The monoisotopic (exact) mass is 416 g/mol. The number of aliphatic hydroxyl groups is 1. The maximum absolute atomic E-state index is 14.4. The van der Waals surface area contributed by atoms with Gasteiger partial charge in [0.1, 0.15) is 24.1 Å². The van der Waals surface area contributed by atoms with Crippen LogP contribution in [0.25, 0.3) is 0 Å². The summed E-state index contributed by atoms with van der Waals surface area (Å²) in [7, 11) is 0. The molecular weight excluding hydrogens is 387 g/mol. The molecule has 4 atom stereocenters. The molecule has 1 aliphatic carbocycles. The molecule has 2 aliphatic rings. The maximum atomic E-state index is 14.4. The predicted octanol–water partition coefficient (Wildman–Crippen LogP) is 3.38. The second-order valence-electron chi connectivity index (χ2n) is 8.28. The Kier molecular flexibility index (Phi) is 5.90. The Morgan fingerprint density at radius 2 is 2.13 bits per heavy atom. The highest BCUT2D eigenvalue weighted by molar-refractivity contribution is 5.61. The molecule has 1 aromatic heterocycles. The molecule has 0 radical (unpaired) electrons. The average Bonchev–Trinajstić information content (AvgIpc) is 3.41. The number of ether oxygens (including phenoxy) is 2. The Morgan fingerprint density at radius 3 is 2.83 bits per heavy atom. The van der Waals surface area contributed by atoms with E-state index in [0.717, 1.165) is 18.4 Å². The number of nitrogens with one attached hydrogen (secondary N) is 1. The van der Waals surface area contributed by atoms with Crippen LogP contribution in [-0.4, -0.2) is 51.2 Å². The van der Waals surface area contributed by atoms with Crippen LogP contribution < -0.4 is 10.1 Å². The van der Waals surface area contributed by atoms with Crippen molar-refractivity contribution in [3.63, 3.8) is 0 Å². The normalized spacial score (nSPS) is 24.0. The van der Waals surface area contributed by atoms with Crippen molar-refractivity contribution in [2.45, 2.75) is 65.2 Å². The number of aromatic nitrogens is 2. The van der Waals surface area contributed by atoms with Crippen LogP contribution in [0.1, 0.15) is 38.3 Å². The van der Waals surface area contributed by atoms with Crippen LogP contribution >= 0.6 is 0 Å². The van der Waals surface area contributed by atoms with E-state index >= 15 is 0 Å². The van der Waals surface area contributed by atoms with Gasteiger partial charge in [-0.3, -0.25) is 0 Å². The van der Waals surface area contributed by atoms with Crippen LogP contribution in [0.2, 0.25) is 0 Å². The van der Waals surface area contributed by atoms with Gasteiger partial charge in [-0.1, -0.05) is 13.0 Å². The molecule has 4 rings (SSSR count). The number of halogens is 1. The number of hydrogen-bond donors (Lipinski definition) is 2. The zero-order valence-electron chi connectivity index (χ0n) is 17.8. The molecule has 2 N–H and O–H groups in total. The molecule has 2 heterocycles. The summed E-state index contributed by atoms with van der Waals surface area (Å²) in [5, 5.41) is 13.4. The van der Waals surface area contributed by atoms with Crippen molar-refractivity contribution in [2.24, 2.45) is 5.92 Å². The Labute approximate surface area is 176 Å². The fourth-order valence-corrected chi connectivity index (χ4v) is 3.99. The van der Waals surface area contributed by atoms with Crippen molar-refractivity contribution in [2.75, 3.05) is 11.9 Å². The summed E-state index contributed by atoms with van der Waals surface area (Å²) in [4.78, 5) is 10.5. The molecule has 30 heavy (non-hydrogen) atoms. The highest BCUT2D eigenvalue weighted by atomic mass is 19.1. The predicted molar refractivity (Wildman–Crippen MR) is 111 cm³/mol. The molecule has 7 nitrogen and oxygen atoms in total. The number of aryl methyl sites for hydroxylation is 1. The highest BCUT2D eigenvalue weighted by Gasteiger charge is 2.57. The molecule has 1 saturated heterocycles. The number of fused-ring (bicyclic) bond motifs is 1. The SMILES string of the molecule is CCc1ccc(Nc2ncnc(OC3CN(C(O)OC(C)C)C4CC34)c2C)c(F)c1. The molecule has 1 saturated carbocycles. The fraction of sp³-hybridized carbons (Fsp3) is 0.545. The van der Waals surface area contributed by atoms with Crippen LogP contribution in [0, 0.1) is 18.7 Å². The molecule has 0 spiro atoms. The molecular formula is C22H29FN4O3. The lowest BCUT2D eigenvalue weighted by Gasteiger charge is -2.27. The Bertz CT molecular complexity index is 910. The summed E-state index contributed by atoms with van der Waals surface area (Å²) in [6, 6.07) is 5.41. The lowest BCUT2D eigenvalue weighted by molar-refractivity contribution is -0.211. The second-order valence-corrected chi connectivity index (χ2v) is 8.28. The molecule has 8 heteroatoms. The number of benzene rings is 1. The number of aliphatic hydroxyl groups excluding tert-OH is 1. The lowest BCUT2D eigenvalue weighted by Crippen LogP contribution is -2.41. The van der Waals surface area contributed by atoms with Gasteiger partial charge in [-0.25, -0.2) is 19.3 Å². The molecule has 162 valence electrons. The lowest BCUT2D eigenvalue weighted by atomic mass is 10.1. The smallest absolute Gasteiger partial charge is 0.221 e. The van der Waals surface area contributed by atoms with E-state index in [1.807, 2.05) is 38.7 Å². The third kappa shape index (κ3) is 4.26. The fourth-order valence-electron chi connectivity index (χ4n) is 3.99. The van der Waals surface area contributed by atoms with E-state index in [-0.39, 0.29) is 24.1 Å². The number of hydrogen-bond acceptors (Lipinski definition) is 7. The van der Waals surface area contributed by atoms with Crippen LogP contribution in [0.15, 0.2) is 24.5 Å². The zero-order valence-corrected chi connectivity index (χ0v) is 17.8. The van der Waals surface area contributed by atoms with Crippen molar-refractivity contribution in [1.82, 2.24) is 14.9 Å². The van der Waals surface area contributed by atoms with Gasteiger partial charge in [0, 0.05) is 18.5 Å². The van der Waals surface area contributed by atoms with Gasteiger partial charge in [0.2, 0.25) is 12.3 Å². The number of likely N-dealkylation sites (tertiary alicyclic amines) is 1. The van der Waals surface area contributed by atoms with Gasteiger partial charge < -0.3 is 19.9 Å². The third-order valence-corrected chi connectivity index (χ3v) is 5.77. The van der Waals surface area contributed by atoms with E-state index in [1.54, 1.807) is 6.07 Å². The van der Waals surface area contributed by atoms with E-state index in [4.69, 9.17) is 9.47 Å². The van der Waals surface area contributed by atoms with E-state index in [9.17, 15) is 9.50 Å². The highest BCUT2D eigenvalue weighted by Crippen LogP contribution is 2.47. The number of anilines is 2. The molecule has 4 unspecified atom stereocenters. The van der Waals surface area contributed by atoms with Gasteiger partial charge in [-0.05, 0) is 51.3 Å². The first kappa shape index (κ1) is 21.0. The summed E-state index contributed by atoms with van der Waals surface area (Å²) in [5.41, 5.74) is 2.02. The summed E-state index contributed by atoms with van der Waals surface area (Å²) in [6.07, 6.45) is 2.10. The Hall–Kier alpha value is -2.29. The first-order chi connectivity index (χ1) is 14.4. The average molecular weight is 416 g/mol. The molecule has 1 aromatic carbocycles. The van der Waals surface area contributed by atoms with Crippen molar-refractivity contribution < 1.29 is 19.0 Å². The van der Waals surface area contributed by atoms with Crippen LogP contribution in [0.5, 0.6) is 5.88 Å². The minimum Gasteiger partial charge on any atom is -0.472 e. The molecule has 0 amide bonds. The summed E-state index contributed by atoms with van der Waals surface area (Å²) >= 11 is 0. The molecule has 0 bridgehead atoms. The third-order valence-electron chi connectivity index (χ3n) is 5.77. The summed E-state index contributed by atoms with van der Waals surface area (Å²) < 4.78 is 26.1. The minimum absolute atomic E-state index is 0.0540. The second kappa shape index (κ2) is 8.45. The summed E-state index contributed by atoms with van der Waals surface area (Å²) in [5.74, 6) is 1.00. The van der Waals surface area contributed by atoms with Crippen LogP contribution in [-0.2, 0) is 11.2 Å². The van der Waals surface area contributed by atoms with E-state index in [2.05, 4.69) is 15.3 Å². The minimum atomic E-state index is -0.925. The van der Waals surface area contributed by atoms with E-state index < -0.39 is 6.41 Å². The van der Waals surface area contributed by atoms with E-state index in [0.29, 0.717) is 35.4 Å². The Morgan fingerprint density at radius 1 is 1.33 bits per heavy atom. The van der Waals surface area contributed by atoms with Gasteiger partial charge in [0.15, 0.2) is 0 Å². The first-order valence-electron chi connectivity index (χ1n) is 10.5. The standard InChI is InChI=1S/C22H29FN4O3/c1-5-14-6-7-17(16(23)8-14)26-20-13(4)21(25-11-24-20)30-19-10-27(18-9-15(18)19)22(28)29-12(2)3/h6-8,11-12,15,18-19,22,28H,5,9-10H2,1-4H3,(H,24,25,26). The van der Waals surface area contributed by atoms with Gasteiger partial charge in [0.25, 0.3) is 0 Å². The van der Waals surface area contributed by atoms with Gasteiger partial charge in [-0.2, -0.15) is 0 Å². The van der Waals surface area contributed by atoms with Crippen LogP contribution in [0.4, 0.5) is 15.9 Å². The molecule has 2 aromatic rings. The van der Waals surface area contributed by atoms with Gasteiger partial charge >= 0.3 is 0 Å². The van der Waals surface area contributed by atoms with Crippen molar-refractivity contribution >= 4 is 11.5 Å². The quantitative estimate of drug-likeness (QED) is 0.639. The largest absolute Gasteiger partial charge is 0.472 e. The van der Waals surface area contributed by atoms with Crippen molar-refractivity contribution in [3.05, 3.63) is 41.5 Å². The first-order valence-corrected chi connectivity index (χ1v) is 10.5. The topological polar surface area (TPSA) is 79.7 Å². The Balaban J connectivity index is 1.45. The molecule has 2 fully saturated rings. The van der Waals surface area contributed by atoms with Gasteiger partial charge in [0.05, 0.1) is 17.4 Å². The number of rotatable bonds is 8. The van der Waals surface area contributed by atoms with Crippen molar-refractivity contribution in [3.8, 4) is 5.88 Å². The van der Waals surface area contributed by atoms with E-state index in [1.165, 1.54) is 12.4 Å². The number of piperidine rings is 1. The van der Waals surface area contributed by atoms with Crippen molar-refractivity contribution in [1.29, 1.82) is 0 Å². The number of nitrogens with zero attached hydrogens (tertiary/aromatic N) is 3. The summed E-state index contributed by atoms with van der Waals surface area (Å²) in [6.45, 7) is 8.21.